The Morgan fingerprint density at radius 3 is 2.25 bits per heavy atom. The molecule has 0 aliphatic rings. The van der Waals surface area contributed by atoms with E-state index >= 15 is 0 Å². The molecule has 0 N–H and O–H groups in total. The molecular weight excluding hydrogens is 387 g/mol. The van der Waals surface area contributed by atoms with Crippen LogP contribution < -0.4 is 0 Å². The molecule has 2 aromatic rings. The van der Waals surface area contributed by atoms with E-state index in [1.165, 1.54) is 4.31 Å². The summed E-state index contributed by atoms with van der Waals surface area (Å²) < 4.78 is 27.6. The molecule has 0 saturated carbocycles. The fraction of sp³-hybridized carbons (Fsp3) is 0.214. The number of hydrogen-bond acceptors (Lipinski definition) is 3. The Bertz CT molecular complexity index is 657. The van der Waals surface area contributed by atoms with E-state index in [1.807, 2.05) is 19.1 Å². The monoisotopic (exact) mass is 402 g/mol. The lowest BCUT2D eigenvalue weighted by molar-refractivity contribution is 0.423. The number of benzene rings is 1. The number of rotatable bonds is 5. The van der Waals surface area contributed by atoms with Crippen molar-refractivity contribution in [3.05, 3.63) is 57.9 Å². The summed E-state index contributed by atoms with van der Waals surface area (Å²) in [5.41, 5.74) is 0.927. The minimum absolute atomic E-state index is 0.328. The van der Waals surface area contributed by atoms with Gasteiger partial charge in [-0.25, -0.2) is 8.42 Å². The van der Waals surface area contributed by atoms with Crippen LogP contribution in [0.4, 0.5) is 0 Å². The molecule has 1 aromatic heterocycles. The van der Waals surface area contributed by atoms with Crippen LogP contribution in [-0.2, 0) is 16.6 Å². The average molecular weight is 402 g/mol. The summed E-state index contributed by atoms with van der Waals surface area (Å²) in [5, 5.41) is 0. The molecule has 1 heterocycles. The van der Waals surface area contributed by atoms with Gasteiger partial charge in [0.05, 0.1) is 4.90 Å². The van der Waals surface area contributed by atoms with Gasteiger partial charge in [0.15, 0.2) is 0 Å². The van der Waals surface area contributed by atoms with E-state index in [0.717, 1.165) is 9.13 Å². The van der Waals surface area contributed by atoms with Crippen molar-refractivity contribution < 1.29 is 8.42 Å². The highest BCUT2D eigenvalue weighted by atomic mass is 127. The van der Waals surface area contributed by atoms with Crippen molar-refractivity contribution in [3.8, 4) is 0 Å². The van der Waals surface area contributed by atoms with Crippen LogP contribution in [-0.4, -0.2) is 24.3 Å². The number of hydrogen-bond donors (Lipinski definition) is 0. The highest BCUT2D eigenvalue weighted by Gasteiger charge is 2.22. The number of aromatic nitrogens is 1. The van der Waals surface area contributed by atoms with E-state index in [-0.39, 0.29) is 0 Å². The molecule has 0 fully saturated rings. The minimum atomic E-state index is -3.46. The number of halogens is 1. The second kappa shape index (κ2) is 6.64. The quantitative estimate of drug-likeness (QED) is 0.723. The van der Waals surface area contributed by atoms with Crippen molar-refractivity contribution in [1.82, 2.24) is 9.29 Å². The Kier molecular flexibility index (Phi) is 5.11. The van der Waals surface area contributed by atoms with Crippen molar-refractivity contribution in [2.45, 2.75) is 18.4 Å². The molecule has 0 atom stereocenters. The summed E-state index contributed by atoms with van der Waals surface area (Å²) in [6.07, 6.45) is 3.33. The van der Waals surface area contributed by atoms with Crippen LogP contribution in [0.5, 0.6) is 0 Å². The van der Waals surface area contributed by atoms with Gasteiger partial charge in [-0.1, -0.05) is 6.92 Å². The average Bonchev–Trinajstić information content (AvgIpc) is 2.46. The Balaban J connectivity index is 2.28. The van der Waals surface area contributed by atoms with Crippen LogP contribution in [0.3, 0.4) is 0 Å². The zero-order chi connectivity index (χ0) is 14.6. The summed E-state index contributed by atoms with van der Waals surface area (Å²) >= 11 is 2.15. The molecule has 0 aliphatic heterocycles. The zero-order valence-corrected chi connectivity index (χ0v) is 14.0. The highest BCUT2D eigenvalue weighted by molar-refractivity contribution is 14.1. The van der Waals surface area contributed by atoms with Gasteiger partial charge in [0.2, 0.25) is 10.0 Å². The normalized spacial score (nSPS) is 11.8. The smallest absolute Gasteiger partial charge is 0.243 e. The molecule has 0 unspecified atom stereocenters. The van der Waals surface area contributed by atoms with E-state index in [0.29, 0.717) is 18.0 Å². The highest BCUT2D eigenvalue weighted by Crippen LogP contribution is 2.19. The molecule has 20 heavy (non-hydrogen) atoms. The van der Waals surface area contributed by atoms with Crippen LogP contribution >= 0.6 is 22.6 Å². The van der Waals surface area contributed by atoms with Crippen molar-refractivity contribution in [1.29, 1.82) is 0 Å². The number of sulfonamides is 1. The third-order valence-corrected chi connectivity index (χ3v) is 5.57. The first kappa shape index (κ1) is 15.4. The van der Waals surface area contributed by atoms with E-state index in [1.54, 1.807) is 36.7 Å². The molecule has 4 nitrogen and oxygen atoms in total. The summed E-state index contributed by atoms with van der Waals surface area (Å²) in [6.45, 7) is 2.62. The van der Waals surface area contributed by atoms with Crippen LogP contribution in [0.15, 0.2) is 53.7 Å². The SMILES string of the molecule is CCN(Cc1ccncc1)S(=O)(=O)c1ccc(I)cc1. The first-order valence-electron chi connectivity index (χ1n) is 6.18. The Morgan fingerprint density at radius 2 is 1.70 bits per heavy atom. The summed E-state index contributed by atoms with van der Waals surface area (Å²) in [4.78, 5) is 4.27. The Labute approximate surface area is 133 Å². The fourth-order valence-corrected chi connectivity index (χ4v) is 3.61. The van der Waals surface area contributed by atoms with Gasteiger partial charge in [0.1, 0.15) is 0 Å². The fourth-order valence-electron chi connectivity index (χ4n) is 1.81. The lowest BCUT2D eigenvalue weighted by atomic mass is 10.3. The van der Waals surface area contributed by atoms with Gasteiger partial charge in [-0.15, -0.1) is 0 Å². The molecule has 0 amide bonds. The number of pyridine rings is 1. The van der Waals surface area contributed by atoms with E-state index in [9.17, 15) is 8.42 Å². The van der Waals surface area contributed by atoms with Gasteiger partial charge in [-0.3, -0.25) is 4.98 Å². The van der Waals surface area contributed by atoms with Crippen molar-refractivity contribution >= 4 is 32.6 Å². The van der Waals surface area contributed by atoms with Gasteiger partial charge in [-0.2, -0.15) is 4.31 Å². The minimum Gasteiger partial charge on any atom is -0.265 e. The van der Waals surface area contributed by atoms with Crippen LogP contribution in [0.2, 0.25) is 0 Å². The van der Waals surface area contributed by atoms with Crippen LogP contribution in [0, 0.1) is 3.57 Å². The van der Waals surface area contributed by atoms with Gasteiger partial charge in [-0.05, 0) is 64.6 Å². The van der Waals surface area contributed by atoms with Crippen LogP contribution in [0.1, 0.15) is 12.5 Å². The maximum Gasteiger partial charge on any atom is 0.243 e. The van der Waals surface area contributed by atoms with Gasteiger partial charge in [0, 0.05) is 29.1 Å². The van der Waals surface area contributed by atoms with Gasteiger partial charge in [0.25, 0.3) is 0 Å². The van der Waals surface area contributed by atoms with Crippen molar-refractivity contribution in [3.63, 3.8) is 0 Å². The van der Waals surface area contributed by atoms with Gasteiger partial charge < -0.3 is 0 Å². The molecule has 2 rings (SSSR count). The molecule has 0 bridgehead atoms. The second-order valence-corrected chi connectivity index (χ2v) is 7.42. The van der Waals surface area contributed by atoms with E-state index in [4.69, 9.17) is 0 Å². The first-order valence-corrected chi connectivity index (χ1v) is 8.70. The molecule has 0 radical (unpaired) electrons. The zero-order valence-electron chi connectivity index (χ0n) is 11.0. The second-order valence-electron chi connectivity index (χ2n) is 4.24. The van der Waals surface area contributed by atoms with Crippen molar-refractivity contribution in [2.75, 3.05) is 6.54 Å². The van der Waals surface area contributed by atoms with Gasteiger partial charge >= 0.3 is 0 Å². The molecule has 0 aliphatic carbocycles. The topological polar surface area (TPSA) is 50.3 Å². The summed E-state index contributed by atoms with van der Waals surface area (Å²) in [5.74, 6) is 0. The number of nitrogens with zero attached hydrogens (tertiary/aromatic N) is 2. The predicted octanol–water partition coefficient (Wildman–Crippen LogP) is 2.90. The molecule has 0 spiro atoms. The lowest BCUT2D eigenvalue weighted by Crippen LogP contribution is -2.30. The van der Waals surface area contributed by atoms with Crippen LogP contribution in [0.25, 0.3) is 0 Å². The molecular formula is C14H15IN2O2S. The summed E-state index contributed by atoms with van der Waals surface area (Å²) in [7, 11) is -3.46. The van der Waals surface area contributed by atoms with E-state index in [2.05, 4.69) is 27.6 Å². The third-order valence-electron chi connectivity index (χ3n) is 2.91. The predicted molar refractivity (Wildman–Crippen MR) is 86.7 cm³/mol. The van der Waals surface area contributed by atoms with Crippen molar-refractivity contribution in [2.24, 2.45) is 0 Å². The first-order chi connectivity index (χ1) is 9.54. The molecule has 1 aromatic carbocycles. The lowest BCUT2D eigenvalue weighted by Gasteiger charge is -2.20. The molecule has 6 heteroatoms. The summed E-state index contributed by atoms with van der Waals surface area (Å²) in [6, 6.07) is 10.5. The maximum atomic E-state index is 12.6. The van der Waals surface area contributed by atoms with E-state index < -0.39 is 10.0 Å². The largest absolute Gasteiger partial charge is 0.265 e. The Morgan fingerprint density at radius 1 is 1.10 bits per heavy atom. The maximum absolute atomic E-state index is 12.6. The standard InChI is InChI=1S/C14H15IN2O2S/c1-2-17(11-12-7-9-16-10-8-12)20(18,19)14-5-3-13(15)4-6-14/h3-10H,2,11H2,1H3. The third kappa shape index (κ3) is 3.56. The molecule has 0 saturated heterocycles. The Hall–Kier alpha value is -0.990. The molecule has 106 valence electrons.